The summed E-state index contributed by atoms with van der Waals surface area (Å²) in [5.41, 5.74) is 9.13. The highest BCUT2D eigenvalue weighted by Crippen LogP contribution is 2.35. The summed E-state index contributed by atoms with van der Waals surface area (Å²) >= 11 is 0. The topological polar surface area (TPSA) is 50.0 Å². The van der Waals surface area contributed by atoms with Crippen molar-refractivity contribution in [1.29, 1.82) is 0 Å². The number of nitrogens with one attached hydrogen (secondary N) is 2. The monoisotopic (exact) mass is 527 g/mol. The van der Waals surface area contributed by atoms with E-state index in [0.717, 1.165) is 44.3 Å². The van der Waals surface area contributed by atoms with Crippen molar-refractivity contribution in [1.82, 2.24) is 9.97 Å². The maximum Gasteiger partial charge on any atom is 0.658 e. The minimum Gasteiger partial charge on any atom is -0.526 e. The third-order valence-corrected chi connectivity index (χ3v) is 7.78. The van der Waals surface area contributed by atoms with Gasteiger partial charge in [0, 0.05) is 43.7 Å². The SMILES string of the molecule is [B](Oc1ccc(-c2cccc3c2[nH]c2ccccc23)cc1)Oc1ccc(-c2cccc3c2[nH]c2ccccc23)cc1. The summed E-state index contributed by atoms with van der Waals surface area (Å²) in [6.45, 7) is 0. The highest BCUT2D eigenvalue weighted by molar-refractivity contribution is 6.20. The van der Waals surface area contributed by atoms with E-state index in [0.29, 0.717) is 11.5 Å². The van der Waals surface area contributed by atoms with Crippen LogP contribution in [0, 0.1) is 0 Å². The number of rotatable bonds is 6. The Labute approximate surface area is 237 Å². The molecule has 193 valence electrons. The van der Waals surface area contributed by atoms with Gasteiger partial charge in [0.2, 0.25) is 0 Å². The lowest BCUT2D eigenvalue weighted by atomic mass is 10.0. The van der Waals surface area contributed by atoms with Crippen molar-refractivity contribution in [3.05, 3.63) is 133 Å². The quantitative estimate of drug-likeness (QED) is 0.212. The van der Waals surface area contributed by atoms with E-state index in [4.69, 9.17) is 9.31 Å². The van der Waals surface area contributed by atoms with E-state index < -0.39 is 0 Å². The lowest BCUT2D eigenvalue weighted by Crippen LogP contribution is -2.10. The number of hydrogen-bond donors (Lipinski definition) is 2. The van der Waals surface area contributed by atoms with E-state index in [-0.39, 0.29) is 0 Å². The Bertz CT molecular complexity index is 2020. The van der Waals surface area contributed by atoms with Gasteiger partial charge < -0.3 is 19.3 Å². The second-order valence-corrected chi connectivity index (χ2v) is 10.2. The van der Waals surface area contributed by atoms with Crippen LogP contribution in [0.2, 0.25) is 0 Å². The van der Waals surface area contributed by atoms with Gasteiger partial charge in [0.1, 0.15) is 11.5 Å². The maximum absolute atomic E-state index is 5.78. The molecule has 2 heterocycles. The van der Waals surface area contributed by atoms with E-state index in [2.05, 4.69) is 119 Å². The first-order chi connectivity index (χ1) is 20.3. The summed E-state index contributed by atoms with van der Waals surface area (Å²) in [6, 6.07) is 45.8. The average Bonchev–Trinajstić information content (AvgIpc) is 3.60. The Morgan fingerprint density at radius 2 is 0.805 bits per heavy atom. The number of fused-ring (bicyclic) bond motifs is 6. The van der Waals surface area contributed by atoms with Gasteiger partial charge in [0.15, 0.2) is 0 Å². The van der Waals surface area contributed by atoms with Crippen molar-refractivity contribution in [3.8, 4) is 33.8 Å². The molecule has 2 N–H and O–H groups in total. The van der Waals surface area contributed by atoms with Gasteiger partial charge >= 0.3 is 7.69 Å². The second kappa shape index (κ2) is 9.65. The first-order valence-electron chi connectivity index (χ1n) is 13.7. The van der Waals surface area contributed by atoms with Crippen LogP contribution in [0.15, 0.2) is 133 Å². The van der Waals surface area contributed by atoms with Crippen LogP contribution in [0.5, 0.6) is 11.5 Å². The molecule has 0 atom stereocenters. The molecule has 8 rings (SSSR count). The number of H-pyrrole nitrogens is 2. The van der Waals surface area contributed by atoms with E-state index in [1.165, 1.54) is 29.2 Å². The van der Waals surface area contributed by atoms with E-state index in [9.17, 15) is 0 Å². The molecule has 0 spiro atoms. The molecule has 0 amide bonds. The van der Waals surface area contributed by atoms with Crippen LogP contribution in [0.1, 0.15) is 0 Å². The number of para-hydroxylation sites is 4. The van der Waals surface area contributed by atoms with Gasteiger partial charge in [0.25, 0.3) is 0 Å². The minimum atomic E-state index is 0.708. The largest absolute Gasteiger partial charge is 0.658 e. The number of aromatic nitrogens is 2. The number of benzene rings is 6. The molecular formula is C36H24BN2O2. The molecule has 1 radical (unpaired) electrons. The zero-order chi connectivity index (χ0) is 27.2. The maximum atomic E-state index is 5.78. The molecule has 0 unspecified atom stereocenters. The summed E-state index contributed by atoms with van der Waals surface area (Å²) in [5, 5.41) is 4.92. The Balaban J connectivity index is 0.962. The third-order valence-electron chi connectivity index (χ3n) is 7.78. The van der Waals surface area contributed by atoms with Gasteiger partial charge in [-0.3, -0.25) is 0 Å². The molecule has 0 saturated heterocycles. The van der Waals surface area contributed by atoms with Crippen molar-refractivity contribution in [2.45, 2.75) is 0 Å². The Morgan fingerprint density at radius 1 is 0.390 bits per heavy atom. The van der Waals surface area contributed by atoms with Crippen molar-refractivity contribution < 1.29 is 9.31 Å². The van der Waals surface area contributed by atoms with E-state index in [1.807, 2.05) is 24.3 Å². The Morgan fingerprint density at radius 3 is 1.27 bits per heavy atom. The third kappa shape index (κ3) is 4.10. The molecule has 0 aliphatic carbocycles. The molecule has 0 fully saturated rings. The zero-order valence-corrected chi connectivity index (χ0v) is 22.1. The smallest absolute Gasteiger partial charge is 0.526 e. The standard InChI is InChI=1S/C36H24BN2O2/c1-3-13-33-29(7-1)31-11-5-9-27(35(31)38-33)23-15-19-25(20-16-23)40-37-41-26-21-17-24(18-22-26)28-10-6-12-32-30-8-2-4-14-34(30)39-36(28)32/h1-22,38-39H. The van der Waals surface area contributed by atoms with Crippen LogP contribution >= 0.6 is 0 Å². The highest BCUT2D eigenvalue weighted by atomic mass is 16.6. The van der Waals surface area contributed by atoms with E-state index in [1.54, 1.807) is 0 Å². The Kier molecular flexibility index (Phi) is 5.52. The molecule has 4 nitrogen and oxygen atoms in total. The fourth-order valence-corrected chi connectivity index (χ4v) is 5.79. The first kappa shape index (κ1) is 23.5. The van der Waals surface area contributed by atoms with Crippen LogP contribution in [0.3, 0.4) is 0 Å². The molecule has 8 aromatic rings. The van der Waals surface area contributed by atoms with Gasteiger partial charge in [-0.2, -0.15) is 0 Å². The first-order valence-corrected chi connectivity index (χ1v) is 13.7. The zero-order valence-electron chi connectivity index (χ0n) is 22.1. The van der Waals surface area contributed by atoms with Crippen LogP contribution in [0.4, 0.5) is 0 Å². The predicted octanol–water partition coefficient (Wildman–Crippen LogP) is 9.28. The fraction of sp³-hybridized carbons (Fsp3) is 0. The normalized spacial score (nSPS) is 11.4. The van der Waals surface area contributed by atoms with Crippen molar-refractivity contribution in [2.75, 3.05) is 0 Å². The molecule has 41 heavy (non-hydrogen) atoms. The van der Waals surface area contributed by atoms with Crippen molar-refractivity contribution in [2.24, 2.45) is 0 Å². The summed E-state index contributed by atoms with van der Waals surface area (Å²) in [4.78, 5) is 7.16. The summed E-state index contributed by atoms with van der Waals surface area (Å²) in [7, 11) is 1.38. The second-order valence-electron chi connectivity index (χ2n) is 10.2. The molecule has 0 aliphatic heterocycles. The van der Waals surface area contributed by atoms with Crippen LogP contribution in [-0.2, 0) is 0 Å². The Hall–Kier alpha value is -5.42. The van der Waals surface area contributed by atoms with Gasteiger partial charge in [-0.15, -0.1) is 0 Å². The van der Waals surface area contributed by atoms with Gasteiger partial charge in [0.05, 0.1) is 11.0 Å². The fourth-order valence-electron chi connectivity index (χ4n) is 5.79. The van der Waals surface area contributed by atoms with Crippen molar-refractivity contribution >= 4 is 51.3 Å². The predicted molar refractivity (Wildman–Crippen MR) is 169 cm³/mol. The summed E-state index contributed by atoms with van der Waals surface area (Å²) < 4.78 is 11.6. The summed E-state index contributed by atoms with van der Waals surface area (Å²) in [5.74, 6) is 1.42. The van der Waals surface area contributed by atoms with Gasteiger partial charge in [-0.05, 0) is 47.5 Å². The molecule has 6 aromatic carbocycles. The van der Waals surface area contributed by atoms with Gasteiger partial charge in [-0.1, -0.05) is 97.1 Å². The van der Waals surface area contributed by atoms with E-state index >= 15 is 0 Å². The summed E-state index contributed by atoms with van der Waals surface area (Å²) in [6.07, 6.45) is 0. The highest BCUT2D eigenvalue weighted by Gasteiger charge is 2.11. The van der Waals surface area contributed by atoms with Crippen molar-refractivity contribution in [3.63, 3.8) is 0 Å². The molecule has 0 bridgehead atoms. The number of aromatic amines is 2. The molecule has 0 aliphatic rings. The van der Waals surface area contributed by atoms with Crippen LogP contribution in [0.25, 0.3) is 65.9 Å². The van der Waals surface area contributed by atoms with Crippen LogP contribution in [-0.4, -0.2) is 17.7 Å². The number of hydrogen-bond acceptors (Lipinski definition) is 2. The molecule has 5 heteroatoms. The molecule has 0 saturated carbocycles. The lowest BCUT2D eigenvalue weighted by molar-refractivity contribution is 0.459. The lowest BCUT2D eigenvalue weighted by Gasteiger charge is -2.09. The minimum absolute atomic E-state index is 0.708. The average molecular weight is 527 g/mol. The molecule has 2 aromatic heterocycles. The van der Waals surface area contributed by atoms with Gasteiger partial charge in [-0.25, -0.2) is 0 Å². The molecular weight excluding hydrogens is 503 g/mol. The van der Waals surface area contributed by atoms with Crippen LogP contribution < -0.4 is 9.31 Å².